The molecular weight excluding hydrogens is 304 g/mol. The summed E-state index contributed by atoms with van der Waals surface area (Å²) in [6.07, 6.45) is 1.49. The smallest absolute Gasteiger partial charge is 0.246 e. The Morgan fingerprint density at radius 1 is 1.32 bits per heavy atom. The van der Waals surface area contributed by atoms with Crippen molar-refractivity contribution in [1.29, 1.82) is 0 Å². The quantitative estimate of drug-likeness (QED) is 0.759. The summed E-state index contributed by atoms with van der Waals surface area (Å²) in [7, 11) is 0. The number of fused-ring (bicyclic) bond motifs is 1. The third-order valence-corrected chi connectivity index (χ3v) is 3.56. The molecule has 22 heavy (non-hydrogen) atoms. The van der Waals surface area contributed by atoms with E-state index in [1.807, 2.05) is 12.1 Å². The van der Waals surface area contributed by atoms with Gasteiger partial charge in [0.15, 0.2) is 5.82 Å². The first-order valence-electron chi connectivity index (χ1n) is 6.41. The lowest BCUT2D eigenvalue weighted by atomic mass is 10.3. The van der Waals surface area contributed by atoms with Crippen molar-refractivity contribution in [2.75, 3.05) is 10.6 Å². The fraction of sp³-hybridized carbons (Fsp3) is 0.154. The molecule has 0 radical (unpaired) electrons. The average molecular weight is 316 g/mol. The van der Waals surface area contributed by atoms with E-state index in [4.69, 9.17) is 0 Å². The third kappa shape index (κ3) is 3.26. The molecule has 2 aromatic heterocycles. The summed E-state index contributed by atoms with van der Waals surface area (Å²) < 4.78 is 2.36. The van der Waals surface area contributed by atoms with Crippen LogP contribution in [0.1, 0.15) is 6.92 Å². The maximum absolute atomic E-state index is 12.0. The number of hydrogen-bond acceptors (Lipinski definition) is 6. The number of amides is 2. The van der Waals surface area contributed by atoms with Gasteiger partial charge >= 0.3 is 0 Å². The number of benzene rings is 1. The Balaban J connectivity index is 1.64. The Kier molecular flexibility index (Phi) is 3.79. The molecule has 0 bridgehead atoms. The lowest BCUT2D eigenvalue weighted by molar-refractivity contribution is -0.117. The molecule has 0 unspecified atom stereocenters. The molecule has 3 rings (SSSR count). The molecule has 0 atom stereocenters. The fourth-order valence-corrected chi connectivity index (χ4v) is 2.61. The van der Waals surface area contributed by atoms with Crippen LogP contribution in [0, 0.1) is 0 Å². The average Bonchev–Trinajstić information content (AvgIpc) is 3.06. The number of anilines is 2. The van der Waals surface area contributed by atoms with E-state index in [0.717, 1.165) is 10.2 Å². The molecule has 0 saturated carbocycles. The van der Waals surface area contributed by atoms with Gasteiger partial charge < -0.3 is 10.6 Å². The molecule has 0 aliphatic carbocycles. The summed E-state index contributed by atoms with van der Waals surface area (Å²) >= 11 is 1.51. The van der Waals surface area contributed by atoms with Gasteiger partial charge in [0.1, 0.15) is 6.54 Å². The Morgan fingerprint density at radius 3 is 3.00 bits per heavy atom. The molecule has 0 spiro atoms. The minimum Gasteiger partial charge on any atom is -0.324 e. The number of thiazole rings is 1. The van der Waals surface area contributed by atoms with Crippen LogP contribution in [0.2, 0.25) is 0 Å². The van der Waals surface area contributed by atoms with Crippen LogP contribution in [-0.2, 0) is 16.1 Å². The van der Waals surface area contributed by atoms with Crippen molar-refractivity contribution in [3.63, 3.8) is 0 Å². The SMILES string of the molecule is CC(=O)Nc1cn(CC(=O)Nc2ccc3ncsc3c2)nn1. The maximum Gasteiger partial charge on any atom is 0.246 e. The first-order valence-corrected chi connectivity index (χ1v) is 7.29. The molecular formula is C13H12N6O2S. The fourth-order valence-electron chi connectivity index (χ4n) is 1.89. The van der Waals surface area contributed by atoms with Gasteiger partial charge in [0.25, 0.3) is 0 Å². The molecule has 9 heteroatoms. The predicted molar refractivity (Wildman–Crippen MR) is 82.6 cm³/mol. The van der Waals surface area contributed by atoms with Gasteiger partial charge in [0.05, 0.1) is 21.9 Å². The molecule has 2 amide bonds. The molecule has 0 aliphatic rings. The predicted octanol–water partition coefficient (Wildman–Crippen LogP) is 1.48. The van der Waals surface area contributed by atoms with Gasteiger partial charge in [-0.1, -0.05) is 5.21 Å². The van der Waals surface area contributed by atoms with E-state index in [-0.39, 0.29) is 18.4 Å². The number of carbonyl (C=O) groups is 2. The molecule has 2 heterocycles. The van der Waals surface area contributed by atoms with Gasteiger partial charge in [-0.15, -0.1) is 16.4 Å². The Labute approximate surface area is 129 Å². The van der Waals surface area contributed by atoms with Crippen LogP contribution in [0.15, 0.2) is 29.9 Å². The highest BCUT2D eigenvalue weighted by Gasteiger charge is 2.08. The van der Waals surface area contributed by atoms with Gasteiger partial charge in [-0.05, 0) is 18.2 Å². The second-order valence-electron chi connectivity index (χ2n) is 4.57. The van der Waals surface area contributed by atoms with E-state index in [0.29, 0.717) is 11.5 Å². The van der Waals surface area contributed by atoms with Crippen LogP contribution in [0.5, 0.6) is 0 Å². The highest BCUT2D eigenvalue weighted by molar-refractivity contribution is 7.16. The minimum atomic E-state index is -0.241. The lowest BCUT2D eigenvalue weighted by Crippen LogP contribution is -2.19. The van der Waals surface area contributed by atoms with Gasteiger partial charge in [-0.25, -0.2) is 9.67 Å². The molecule has 8 nitrogen and oxygen atoms in total. The summed E-state index contributed by atoms with van der Waals surface area (Å²) in [6.45, 7) is 1.38. The summed E-state index contributed by atoms with van der Waals surface area (Å²) in [4.78, 5) is 27.1. The van der Waals surface area contributed by atoms with Gasteiger partial charge in [-0.2, -0.15) is 0 Å². The van der Waals surface area contributed by atoms with Crippen LogP contribution in [-0.4, -0.2) is 31.8 Å². The Hall–Kier alpha value is -2.81. The third-order valence-electron chi connectivity index (χ3n) is 2.76. The van der Waals surface area contributed by atoms with Gasteiger partial charge in [-0.3, -0.25) is 9.59 Å². The highest BCUT2D eigenvalue weighted by Crippen LogP contribution is 2.21. The van der Waals surface area contributed by atoms with E-state index in [9.17, 15) is 9.59 Å². The first-order chi connectivity index (χ1) is 10.6. The minimum absolute atomic E-state index is 0.00725. The Morgan fingerprint density at radius 2 is 2.18 bits per heavy atom. The monoisotopic (exact) mass is 316 g/mol. The van der Waals surface area contributed by atoms with Crippen LogP contribution in [0.4, 0.5) is 11.5 Å². The number of nitrogens with one attached hydrogen (secondary N) is 2. The number of nitrogens with zero attached hydrogens (tertiary/aromatic N) is 4. The molecule has 1 aromatic carbocycles. The molecule has 112 valence electrons. The molecule has 2 N–H and O–H groups in total. The molecule has 0 fully saturated rings. The van der Waals surface area contributed by atoms with E-state index < -0.39 is 0 Å². The summed E-state index contributed by atoms with van der Waals surface area (Å²) in [6, 6.07) is 5.52. The lowest BCUT2D eigenvalue weighted by Gasteiger charge is -2.04. The zero-order valence-electron chi connectivity index (χ0n) is 11.6. The van der Waals surface area contributed by atoms with Gasteiger partial charge in [0, 0.05) is 12.6 Å². The first kappa shape index (κ1) is 14.1. The highest BCUT2D eigenvalue weighted by atomic mass is 32.1. The van der Waals surface area contributed by atoms with E-state index in [1.165, 1.54) is 29.1 Å². The van der Waals surface area contributed by atoms with Crippen molar-refractivity contribution in [3.05, 3.63) is 29.9 Å². The number of hydrogen-bond donors (Lipinski definition) is 2. The Bertz CT molecular complexity index is 840. The second kappa shape index (κ2) is 5.90. The normalized spacial score (nSPS) is 10.6. The summed E-state index contributed by atoms with van der Waals surface area (Å²) in [5.74, 6) is -0.163. The van der Waals surface area contributed by atoms with Crippen LogP contribution in [0.25, 0.3) is 10.2 Å². The van der Waals surface area contributed by atoms with Crippen molar-refractivity contribution in [3.8, 4) is 0 Å². The molecule has 3 aromatic rings. The number of rotatable bonds is 4. The van der Waals surface area contributed by atoms with E-state index in [1.54, 1.807) is 11.6 Å². The van der Waals surface area contributed by atoms with Crippen molar-refractivity contribution in [2.45, 2.75) is 13.5 Å². The summed E-state index contributed by atoms with van der Waals surface area (Å²) in [5, 5.41) is 12.8. The summed E-state index contributed by atoms with van der Waals surface area (Å²) in [5.41, 5.74) is 3.36. The second-order valence-corrected chi connectivity index (χ2v) is 5.45. The number of carbonyl (C=O) groups excluding carboxylic acids is 2. The van der Waals surface area contributed by atoms with Crippen LogP contribution >= 0.6 is 11.3 Å². The zero-order chi connectivity index (χ0) is 15.5. The van der Waals surface area contributed by atoms with E-state index >= 15 is 0 Å². The van der Waals surface area contributed by atoms with Crippen molar-refractivity contribution < 1.29 is 9.59 Å². The standard InChI is InChI=1S/C13H12N6O2S/c1-8(20)15-12-5-19(18-17-12)6-13(21)16-9-2-3-10-11(4-9)22-7-14-10/h2-5,7H,6H2,1H3,(H,15,20)(H,16,21). The topological polar surface area (TPSA) is 102 Å². The molecule has 0 saturated heterocycles. The van der Waals surface area contributed by atoms with Crippen molar-refractivity contribution in [1.82, 2.24) is 20.0 Å². The van der Waals surface area contributed by atoms with Gasteiger partial charge in [0.2, 0.25) is 11.8 Å². The van der Waals surface area contributed by atoms with Crippen LogP contribution < -0.4 is 10.6 Å². The van der Waals surface area contributed by atoms with E-state index in [2.05, 4.69) is 25.9 Å². The number of aromatic nitrogens is 4. The van der Waals surface area contributed by atoms with Crippen molar-refractivity contribution >= 4 is 44.9 Å². The van der Waals surface area contributed by atoms with Crippen LogP contribution in [0.3, 0.4) is 0 Å². The van der Waals surface area contributed by atoms with Crippen molar-refractivity contribution in [2.24, 2.45) is 0 Å². The zero-order valence-corrected chi connectivity index (χ0v) is 12.4. The maximum atomic E-state index is 12.0. The largest absolute Gasteiger partial charge is 0.324 e. The molecule has 0 aliphatic heterocycles.